The second-order valence-corrected chi connectivity index (χ2v) is 12.0. The topological polar surface area (TPSA) is 86.8 Å². The molecule has 42 heavy (non-hydrogen) atoms. The second-order valence-electron chi connectivity index (χ2n) is 9.71. The van der Waals surface area contributed by atoms with Gasteiger partial charge in [-0.15, -0.1) is 0 Å². The maximum atomic E-state index is 14.0. The SMILES string of the molecule is CCCNC(=O)[C@@H](CC)N(Cc1ccccc1)C(=O)CN(c1ccc(Cl)c(C(F)(F)F)c1)S(=O)(=O)c1ccc(C)cc1. The summed E-state index contributed by atoms with van der Waals surface area (Å²) in [6.07, 6.45) is -3.99. The Hall–Kier alpha value is -3.57. The zero-order valence-electron chi connectivity index (χ0n) is 23.5. The molecule has 0 aliphatic carbocycles. The zero-order chi connectivity index (χ0) is 31.1. The Morgan fingerprint density at radius 3 is 2.19 bits per heavy atom. The number of nitrogens with zero attached hydrogens (tertiary/aromatic N) is 2. The van der Waals surface area contributed by atoms with Gasteiger partial charge in [0.05, 0.1) is 21.2 Å². The van der Waals surface area contributed by atoms with Crippen LogP contribution in [0, 0.1) is 6.92 Å². The second kappa shape index (κ2) is 14.1. The third kappa shape index (κ3) is 8.04. The van der Waals surface area contributed by atoms with Gasteiger partial charge in [-0.05, 0) is 55.7 Å². The first-order valence-corrected chi connectivity index (χ1v) is 15.2. The van der Waals surface area contributed by atoms with Crippen LogP contribution in [-0.4, -0.2) is 44.3 Å². The quantitative estimate of drug-likeness (QED) is 0.260. The highest BCUT2D eigenvalue weighted by atomic mass is 35.5. The lowest BCUT2D eigenvalue weighted by Gasteiger charge is -2.33. The summed E-state index contributed by atoms with van der Waals surface area (Å²) < 4.78 is 69.7. The summed E-state index contributed by atoms with van der Waals surface area (Å²) in [7, 11) is -4.54. The Labute approximate surface area is 249 Å². The van der Waals surface area contributed by atoms with Crippen LogP contribution in [-0.2, 0) is 32.3 Å². The molecule has 0 saturated carbocycles. The summed E-state index contributed by atoms with van der Waals surface area (Å²) >= 11 is 5.81. The number of alkyl halides is 3. The molecule has 1 atom stereocenters. The van der Waals surface area contributed by atoms with E-state index in [1.54, 1.807) is 56.3 Å². The number of halogens is 4. The van der Waals surface area contributed by atoms with E-state index in [-0.39, 0.29) is 17.9 Å². The summed E-state index contributed by atoms with van der Waals surface area (Å²) in [5.74, 6) is -1.18. The van der Waals surface area contributed by atoms with Crippen LogP contribution < -0.4 is 9.62 Å². The van der Waals surface area contributed by atoms with E-state index < -0.39 is 56.9 Å². The van der Waals surface area contributed by atoms with Gasteiger partial charge >= 0.3 is 6.18 Å². The van der Waals surface area contributed by atoms with Gasteiger partial charge < -0.3 is 10.2 Å². The Kier molecular flexibility index (Phi) is 11.0. The predicted molar refractivity (Wildman–Crippen MR) is 157 cm³/mol. The molecule has 0 fully saturated rings. The maximum absolute atomic E-state index is 14.0. The standard InChI is InChI=1S/C30H33ClF3N3O4S/c1-4-17-35-29(39)27(5-2)36(19-22-9-7-6-8-10-22)28(38)20-37(42(40,41)24-14-11-21(3)12-15-24)23-13-16-26(31)25(18-23)30(32,33)34/h6-16,18,27H,4-5,17,19-20H2,1-3H3,(H,35,39)/t27-/m1/s1. The van der Waals surface area contributed by atoms with Crippen LogP contribution in [0.2, 0.25) is 5.02 Å². The molecule has 2 amide bonds. The van der Waals surface area contributed by atoms with Crippen molar-refractivity contribution < 1.29 is 31.2 Å². The number of carbonyl (C=O) groups is 2. The minimum Gasteiger partial charge on any atom is -0.354 e. The summed E-state index contributed by atoms with van der Waals surface area (Å²) in [5.41, 5.74) is -0.194. The largest absolute Gasteiger partial charge is 0.417 e. The Morgan fingerprint density at radius 1 is 0.976 bits per heavy atom. The highest BCUT2D eigenvalue weighted by Crippen LogP contribution is 2.38. The van der Waals surface area contributed by atoms with Crippen LogP contribution in [0.4, 0.5) is 18.9 Å². The maximum Gasteiger partial charge on any atom is 0.417 e. The first kappa shape index (κ1) is 32.9. The third-order valence-corrected chi connectivity index (χ3v) is 8.68. The van der Waals surface area contributed by atoms with Crippen LogP contribution >= 0.6 is 11.6 Å². The summed E-state index contributed by atoms with van der Waals surface area (Å²) in [4.78, 5) is 28.1. The van der Waals surface area contributed by atoms with Gasteiger partial charge in [0.25, 0.3) is 10.0 Å². The van der Waals surface area contributed by atoms with Crippen LogP contribution in [0.5, 0.6) is 0 Å². The van der Waals surface area contributed by atoms with E-state index in [9.17, 15) is 31.2 Å². The van der Waals surface area contributed by atoms with Gasteiger partial charge in [-0.1, -0.05) is 73.5 Å². The number of anilines is 1. The molecule has 0 spiro atoms. The molecule has 0 unspecified atom stereocenters. The van der Waals surface area contributed by atoms with Gasteiger partial charge in [0, 0.05) is 13.1 Å². The van der Waals surface area contributed by atoms with Gasteiger partial charge in [0.1, 0.15) is 12.6 Å². The minimum absolute atomic E-state index is 0.0233. The highest BCUT2D eigenvalue weighted by molar-refractivity contribution is 7.92. The molecule has 0 aliphatic rings. The Bertz CT molecular complexity index is 1480. The molecule has 0 saturated heterocycles. The van der Waals surface area contributed by atoms with Crippen molar-refractivity contribution in [3.63, 3.8) is 0 Å². The number of carbonyl (C=O) groups excluding carboxylic acids is 2. The Balaban J connectivity index is 2.13. The molecule has 3 aromatic carbocycles. The van der Waals surface area contributed by atoms with E-state index >= 15 is 0 Å². The lowest BCUT2D eigenvalue weighted by atomic mass is 10.1. The molecule has 0 aromatic heterocycles. The van der Waals surface area contributed by atoms with E-state index in [1.807, 2.05) is 6.92 Å². The zero-order valence-corrected chi connectivity index (χ0v) is 25.1. The summed E-state index contributed by atoms with van der Waals surface area (Å²) in [5, 5.41) is 2.16. The molecule has 0 radical (unpaired) electrons. The van der Waals surface area contributed by atoms with Crippen molar-refractivity contribution in [3.8, 4) is 0 Å². The smallest absolute Gasteiger partial charge is 0.354 e. The van der Waals surface area contributed by atoms with Crippen molar-refractivity contribution in [3.05, 3.63) is 94.5 Å². The molecule has 0 heterocycles. The molecule has 0 bridgehead atoms. The van der Waals surface area contributed by atoms with Crippen molar-refractivity contribution in [1.29, 1.82) is 0 Å². The minimum atomic E-state index is -4.87. The van der Waals surface area contributed by atoms with Crippen molar-refractivity contribution in [2.75, 3.05) is 17.4 Å². The number of sulfonamides is 1. The van der Waals surface area contributed by atoms with Crippen molar-refractivity contribution in [2.45, 2.75) is 57.3 Å². The fraction of sp³-hybridized carbons (Fsp3) is 0.333. The Morgan fingerprint density at radius 2 is 1.62 bits per heavy atom. The van der Waals surface area contributed by atoms with E-state index in [2.05, 4.69) is 5.32 Å². The lowest BCUT2D eigenvalue weighted by Crippen LogP contribution is -2.52. The molecular formula is C30H33ClF3N3O4S. The van der Waals surface area contributed by atoms with E-state index in [0.29, 0.717) is 28.9 Å². The third-order valence-electron chi connectivity index (χ3n) is 6.56. The number of hydrogen-bond acceptors (Lipinski definition) is 4. The number of hydrogen-bond donors (Lipinski definition) is 1. The van der Waals surface area contributed by atoms with Gasteiger partial charge in [-0.2, -0.15) is 13.2 Å². The number of nitrogens with one attached hydrogen (secondary N) is 1. The van der Waals surface area contributed by atoms with E-state index in [4.69, 9.17) is 11.6 Å². The fourth-order valence-electron chi connectivity index (χ4n) is 4.32. The lowest BCUT2D eigenvalue weighted by molar-refractivity contribution is -0.140. The molecule has 1 N–H and O–H groups in total. The number of amides is 2. The fourth-order valence-corrected chi connectivity index (χ4v) is 5.95. The van der Waals surface area contributed by atoms with Crippen molar-refractivity contribution >= 4 is 39.1 Å². The van der Waals surface area contributed by atoms with Gasteiger partial charge in [-0.25, -0.2) is 8.42 Å². The van der Waals surface area contributed by atoms with Crippen LogP contribution in [0.15, 0.2) is 77.7 Å². The van der Waals surface area contributed by atoms with Gasteiger partial charge in [0.2, 0.25) is 11.8 Å². The monoisotopic (exact) mass is 623 g/mol. The average Bonchev–Trinajstić information content (AvgIpc) is 2.95. The predicted octanol–water partition coefficient (Wildman–Crippen LogP) is 6.20. The summed E-state index contributed by atoms with van der Waals surface area (Å²) in [6, 6.07) is 16.3. The van der Waals surface area contributed by atoms with E-state index in [1.165, 1.54) is 17.0 Å². The summed E-state index contributed by atoms with van der Waals surface area (Å²) in [6.45, 7) is 4.84. The first-order valence-electron chi connectivity index (χ1n) is 13.4. The highest BCUT2D eigenvalue weighted by Gasteiger charge is 2.37. The number of rotatable bonds is 12. The molecule has 3 rings (SSSR count). The van der Waals surface area contributed by atoms with Gasteiger partial charge in [0.15, 0.2) is 0 Å². The molecular weight excluding hydrogens is 591 g/mol. The number of benzene rings is 3. The number of aryl methyl sites for hydroxylation is 1. The van der Waals surface area contributed by atoms with Crippen LogP contribution in [0.25, 0.3) is 0 Å². The molecule has 12 heteroatoms. The average molecular weight is 624 g/mol. The van der Waals surface area contributed by atoms with Crippen LogP contribution in [0.1, 0.15) is 43.4 Å². The van der Waals surface area contributed by atoms with Crippen molar-refractivity contribution in [1.82, 2.24) is 10.2 Å². The molecule has 7 nitrogen and oxygen atoms in total. The normalized spacial score (nSPS) is 12.5. The first-order chi connectivity index (χ1) is 19.8. The van der Waals surface area contributed by atoms with Gasteiger partial charge in [-0.3, -0.25) is 13.9 Å². The molecule has 226 valence electrons. The van der Waals surface area contributed by atoms with E-state index in [0.717, 1.165) is 17.7 Å². The molecule has 0 aliphatic heterocycles. The van der Waals surface area contributed by atoms with Crippen LogP contribution in [0.3, 0.4) is 0 Å². The van der Waals surface area contributed by atoms with Crippen molar-refractivity contribution in [2.24, 2.45) is 0 Å². The molecule has 3 aromatic rings.